The van der Waals surface area contributed by atoms with E-state index in [0.29, 0.717) is 0 Å². The molecule has 1 radical (unpaired) electrons. The molecule has 0 spiro atoms. The van der Waals surface area contributed by atoms with Crippen LogP contribution in [-0.2, 0) is 0 Å². The number of aliphatic imine (C=N–C) groups is 1. The molecule has 0 aromatic carbocycles. The summed E-state index contributed by atoms with van der Waals surface area (Å²) < 4.78 is 0. The summed E-state index contributed by atoms with van der Waals surface area (Å²) in [6.07, 6.45) is 1.57. The Morgan fingerprint density at radius 3 is 3.44 bits per heavy atom. The molecule has 0 aromatic rings. The van der Waals surface area contributed by atoms with Crippen LogP contribution >= 0.6 is 0 Å². The molecular formula is C5H7N4. The molecule has 0 bridgehead atoms. The molecule has 2 aliphatic rings. The second-order valence-electron chi connectivity index (χ2n) is 1.95. The maximum Gasteiger partial charge on any atom is 0.151 e. The minimum absolute atomic E-state index is 0.797. The van der Waals surface area contributed by atoms with E-state index in [1.54, 1.807) is 6.34 Å². The highest BCUT2D eigenvalue weighted by molar-refractivity contribution is 5.63. The molecule has 4 nitrogen and oxygen atoms in total. The summed E-state index contributed by atoms with van der Waals surface area (Å²) in [4.78, 5) is 3.99. The van der Waals surface area contributed by atoms with Crippen molar-refractivity contribution in [3.63, 3.8) is 0 Å². The monoisotopic (exact) mass is 123 g/mol. The van der Waals surface area contributed by atoms with E-state index in [1.807, 2.05) is 0 Å². The van der Waals surface area contributed by atoms with Crippen LogP contribution < -0.4 is 16.0 Å². The topological polar surface area (TPSA) is 50.5 Å². The van der Waals surface area contributed by atoms with Gasteiger partial charge in [0, 0.05) is 6.54 Å². The van der Waals surface area contributed by atoms with Gasteiger partial charge in [-0.2, -0.15) is 0 Å². The number of nitrogens with zero attached hydrogens (tertiary/aromatic N) is 2. The van der Waals surface area contributed by atoms with Gasteiger partial charge in [-0.1, -0.05) is 0 Å². The van der Waals surface area contributed by atoms with Crippen LogP contribution in [0.5, 0.6) is 0 Å². The average molecular weight is 123 g/mol. The van der Waals surface area contributed by atoms with Gasteiger partial charge in [-0.15, -0.1) is 0 Å². The Kier molecular flexibility index (Phi) is 0.927. The van der Waals surface area contributed by atoms with Crippen LogP contribution in [0.2, 0.25) is 0 Å². The van der Waals surface area contributed by atoms with E-state index in [2.05, 4.69) is 20.9 Å². The molecule has 0 unspecified atom stereocenters. The molecule has 0 fully saturated rings. The third-order valence-corrected chi connectivity index (χ3v) is 1.35. The van der Waals surface area contributed by atoms with Crippen LogP contribution in [0.25, 0.3) is 0 Å². The smallest absolute Gasteiger partial charge is 0.151 e. The fourth-order valence-electron chi connectivity index (χ4n) is 0.896. The van der Waals surface area contributed by atoms with Gasteiger partial charge >= 0.3 is 0 Å². The zero-order valence-electron chi connectivity index (χ0n) is 4.89. The zero-order chi connectivity index (χ0) is 6.10. The van der Waals surface area contributed by atoms with Gasteiger partial charge in [0.15, 0.2) is 5.82 Å². The zero-order valence-corrected chi connectivity index (χ0v) is 4.89. The van der Waals surface area contributed by atoms with Crippen LogP contribution in [0.3, 0.4) is 0 Å². The van der Waals surface area contributed by atoms with Gasteiger partial charge in [-0.25, -0.2) is 10.3 Å². The maximum atomic E-state index is 4.02. The summed E-state index contributed by atoms with van der Waals surface area (Å²) in [5, 5.41) is 10.2. The number of nitrogens with one attached hydrogen (secondary N) is 2. The number of hydrogen-bond donors (Lipinski definition) is 2. The van der Waals surface area contributed by atoms with Gasteiger partial charge in [0.2, 0.25) is 0 Å². The second-order valence-corrected chi connectivity index (χ2v) is 1.95. The Balaban J connectivity index is 2.24. The van der Waals surface area contributed by atoms with Crippen molar-refractivity contribution in [3.8, 4) is 0 Å². The van der Waals surface area contributed by atoms with E-state index in [4.69, 9.17) is 0 Å². The standard InChI is InChI=1S/C5H7N4/c1-4-5(8-2-6-1)9-3-7-4/h3,6,8H,1-2H2. The Labute approximate surface area is 53.0 Å². The molecule has 47 valence electrons. The first kappa shape index (κ1) is 4.81. The molecule has 0 aromatic heterocycles. The van der Waals surface area contributed by atoms with Crippen molar-refractivity contribution in [2.75, 3.05) is 13.2 Å². The van der Waals surface area contributed by atoms with Crippen molar-refractivity contribution < 1.29 is 0 Å². The van der Waals surface area contributed by atoms with Crippen molar-refractivity contribution in [3.05, 3.63) is 11.5 Å². The lowest BCUT2D eigenvalue weighted by Gasteiger charge is -2.13. The Hall–Kier alpha value is -1.03. The average Bonchev–Trinajstić information content (AvgIpc) is 2.33. The predicted molar refractivity (Wildman–Crippen MR) is 33.7 cm³/mol. The van der Waals surface area contributed by atoms with Crippen molar-refractivity contribution in [2.45, 2.75) is 0 Å². The van der Waals surface area contributed by atoms with E-state index in [1.165, 1.54) is 0 Å². The molecule has 2 aliphatic heterocycles. The molecule has 2 heterocycles. The summed E-state index contributed by atoms with van der Waals surface area (Å²) in [6, 6.07) is 0. The first-order valence-corrected chi connectivity index (χ1v) is 2.88. The van der Waals surface area contributed by atoms with E-state index in [0.717, 1.165) is 24.7 Å². The molecule has 0 amide bonds. The van der Waals surface area contributed by atoms with Crippen LogP contribution in [0.1, 0.15) is 0 Å². The molecule has 0 saturated heterocycles. The SMILES string of the molecule is C1=NC2=C(CNCN2)[N]1. The van der Waals surface area contributed by atoms with Crippen LogP contribution in [0.15, 0.2) is 16.5 Å². The van der Waals surface area contributed by atoms with Gasteiger partial charge in [0.1, 0.15) is 6.34 Å². The van der Waals surface area contributed by atoms with Crippen molar-refractivity contribution in [1.82, 2.24) is 16.0 Å². The maximum absolute atomic E-state index is 4.02. The van der Waals surface area contributed by atoms with Crippen molar-refractivity contribution in [2.24, 2.45) is 4.99 Å². The lowest BCUT2D eigenvalue weighted by Crippen LogP contribution is -2.36. The summed E-state index contributed by atoms with van der Waals surface area (Å²) >= 11 is 0. The van der Waals surface area contributed by atoms with Crippen LogP contribution in [-0.4, -0.2) is 19.6 Å². The highest BCUT2D eigenvalue weighted by atomic mass is 15.2. The van der Waals surface area contributed by atoms with Crippen LogP contribution in [0, 0.1) is 0 Å². The molecular weight excluding hydrogens is 116 g/mol. The Morgan fingerprint density at radius 1 is 1.56 bits per heavy atom. The van der Waals surface area contributed by atoms with Crippen molar-refractivity contribution >= 4 is 6.34 Å². The van der Waals surface area contributed by atoms with E-state index < -0.39 is 0 Å². The summed E-state index contributed by atoms with van der Waals surface area (Å²) in [6.45, 7) is 1.63. The van der Waals surface area contributed by atoms with Gasteiger partial charge in [-0.3, -0.25) is 5.32 Å². The van der Waals surface area contributed by atoms with E-state index in [9.17, 15) is 0 Å². The van der Waals surface area contributed by atoms with Gasteiger partial charge in [0.05, 0.1) is 12.4 Å². The fraction of sp³-hybridized carbons (Fsp3) is 0.400. The van der Waals surface area contributed by atoms with Crippen molar-refractivity contribution in [1.29, 1.82) is 0 Å². The van der Waals surface area contributed by atoms with Crippen LogP contribution in [0.4, 0.5) is 0 Å². The quantitative estimate of drug-likeness (QED) is 0.432. The highest BCUT2D eigenvalue weighted by Gasteiger charge is 2.14. The minimum atomic E-state index is 0.797. The molecule has 0 atom stereocenters. The number of hydrogen-bond acceptors (Lipinski definition) is 3. The molecule has 2 rings (SSSR count). The minimum Gasteiger partial charge on any atom is -0.356 e. The Bertz CT molecular complexity index is 181. The third kappa shape index (κ3) is 0.675. The largest absolute Gasteiger partial charge is 0.356 e. The summed E-state index contributed by atoms with van der Waals surface area (Å²) in [7, 11) is 0. The highest BCUT2D eigenvalue weighted by Crippen LogP contribution is 2.06. The summed E-state index contributed by atoms with van der Waals surface area (Å²) in [5.74, 6) is 0.925. The normalized spacial score (nSPS) is 23.1. The van der Waals surface area contributed by atoms with Gasteiger partial charge < -0.3 is 5.32 Å². The molecule has 9 heavy (non-hydrogen) atoms. The van der Waals surface area contributed by atoms with E-state index in [-0.39, 0.29) is 0 Å². The second kappa shape index (κ2) is 1.73. The van der Waals surface area contributed by atoms with E-state index >= 15 is 0 Å². The first-order valence-electron chi connectivity index (χ1n) is 2.88. The molecule has 4 heteroatoms. The molecule has 2 N–H and O–H groups in total. The fourth-order valence-corrected chi connectivity index (χ4v) is 0.896. The van der Waals surface area contributed by atoms with Gasteiger partial charge in [-0.05, 0) is 0 Å². The lowest BCUT2D eigenvalue weighted by atomic mass is 10.4. The van der Waals surface area contributed by atoms with Gasteiger partial charge in [0.25, 0.3) is 0 Å². The number of rotatable bonds is 0. The first-order chi connectivity index (χ1) is 4.47. The predicted octanol–water partition coefficient (Wildman–Crippen LogP) is -1.05. The molecule has 0 saturated carbocycles. The third-order valence-electron chi connectivity index (χ3n) is 1.35. The lowest BCUT2D eigenvalue weighted by molar-refractivity contribution is 0.607. The molecule has 0 aliphatic carbocycles. The Morgan fingerprint density at radius 2 is 2.56 bits per heavy atom. The summed E-state index contributed by atoms with van der Waals surface area (Å²) in [5.41, 5.74) is 1.02.